The molecule has 0 fully saturated rings. The summed E-state index contributed by atoms with van der Waals surface area (Å²) in [5.74, 6) is -1.93. The summed E-state index contributed by atoms with van der Waals surface area (Å²) in [5, 5.41) is 11.3. The van der Waals surface area contributed by atoms with Crippen molar-refractivity contribution in [1.29, 1.82) is 0 Å². The lowest BCUT2D eigenvalue weighted by Crippen LogP contribution is -2.19. The fourth-order valence-corrected chi connectivity index (χ4v) is 10.5. The van der Waals surface area contributed by atoms with Crippen molar-refractivity contribution in [2.75, 3.05) is 0 Å². The van der Waals surface area contributed by atoms with Crippen LogP contribution >= 0.6 is 113 Å². The molecule has 16 heteroatoms. The van der Waals surface area contributed by atoms with Crippen LogP contribution < -0.4 is 9.47 Å². The molecule has 0 heterocycles. The Morgan fingerprint density at radius 1 is 0.778 bits per heavy atom. The quantitative estimate of drug-likeness (QED) is 0.0728. The number of esters is 2. The first-order valence-corrected chi connectivity index (χ1v) is 15.8. The van der Waals surface area contributed by atoms with Crippen LogP contribution in [-0.2, 0) is 10.1 Å². The van der Waals surface area contributed by atoms with E-state index in [9.17, 15) is 32.7 Å². The predicted octanol–water partition coefficient (Wildman–Crippen LogP) is 5.96. The van der Waals surface area contributed by atoms with Gasteiger partial charge in [0.25, 0.3) is 5.69 Å². The van der Waals surface area contributed by atoms with Gasteiger partial charge in [0, 0.05) is 22.8 Å². The molecule has 0 aromatic heterocycles. The van der Waals surface area contributed by atoms with E-state index in [0.717, 1.165) is 33.9 Å². The number of non-ortho nitro benzene ring substituents is 1. The summed E-state index contributed by atoms with van der Waals surface area (Å²) in [5.41, 5.74) is -1.18. The SMILES string of the molecule is O=C(Oc1cc(I)c(S(=O)(=O)[O-])c(I)c1)c1cc([N+](=O)[O-])ccc1C(=O)Oc1c(I)cc(I)cc1I. The number of nitro benzene ring substituents is 1. The molecule has 0 saturated carbocycles. The summed E-state index contributed by atoms with van der Waals surface area (Å²) in [6, 6.07) is 8.89. The van der Waals surface area contributed by atoms with E-state index >= 15 is 0 Å². The zero-order valence-electron chi connectivity index (χ0n) is 17.0. The minimum absolute atomic E-state index is 0.0128. The highest BCUT2D eigenvalue weighted by Crippen LogP contribution is 2.32. The Morgan fingerprint density at radius 2 is 1.31 bits per heavy atom. The number of nitro groups is 1. The molecule has 0 radical (unpaired) electrons. The Kier molecular flexibility index (Phi) is 10.2. The second kappa shape index (κ2) is 12.2. The number of hydrogen-bond donors (Lipinski definition) is 0. The van der Waals surface area contributed by atoms with Gasteiger partial charge in [-0.1, -0.05) is 0 Å². The van der Waals surface area contributed by atoms with Gasteiger partial charge in [0.05, 0.1) is 28.1 Å². The Bertz CT molecular complexity index is 1500. The zero-order chi connectivity index (χ0) is 26.9. The maximum atomic E-state index is 13.0. The van der Waals surface area contributed by atoms with Crippen molar-refractivity contribution < 1.29 is 37.0 Å². The van der Waals surface area contributed by atoms with Crippen LogP contribution in [-0.4, -0.2) is 29.8 Å². The van der Waals surface area contributed by atoms with Crippen molar-refractivity contribution in [2.45, 2.75) is 4.90 Å². The summed E-state index contributed by atoms with van der Waals surface area (Å²) in [6.07, 6.45) is 0. The van der Waals surface area contributed by atoms with Crippen molar-refractivity contribution in [3.63, 3.8) is 0 Å². The molecule has 0 amide bonds. The van der Waals surface area contributed by atoms with Gasteiger partial charge in [-0.15, -0.1) is 0 Å². The van der Waals surface area contributed by atoms with E-state index in [0.29, 0.717) is 7.14 Å². The fourth-order valence-electron chi connectivity index (χ4n) is 2.76. The minimum atomic E-state index is -4.78. The number of ether oxygens (including phenoxy) is 2. The molecule has 0 unspecified atom stereocenters. The van der Waals surface area contributed by atoms with E-state index in [1.54, 1.807) is 57.3 Å². The summed E-state index contributed by atoms with van der Waals surface area (Å²) >= 11 is 9.32. The Morgan fingerprint density at radius 3 is 1.81 bits per heavy atom. The number of carbonyl (C=O) groups is 2. The zero-order valence-corrected chi connectivity index (χ0v) is 28.6. The Balaban J connectivity index is 2.02. The molecule has 0 N–H and O–H groups in total. The largest absolute Gasteiger partial charge is 0.744 e. The third kappa shape index (κ3) is 7.15. The second-order valence-corrected chi connectivity index (χ2v) is 13.8. The molecule has 3 rings (SSSR count). The van der Waals surface area contributed by atoms with Crippen LogP contribution in [0.15, 0.2) is 47.4 Å². The highest BCUT2D eigenvalue weighted by atomic mass is 127. The molecule has 0 spiro atoms. The number of nitrogens with zero attached hydrogens (tertiary/aromatic N) is 1. The third-order valence-electron chi connectivity index (χ3n) is 4.24. The van der Waals surface area contributed by atoms with E-state index in [2.05, 4.69) is 22.6 Å². The maximum absolute atomic E-state index is 13.0. The predicted molar refractivity (Wildman–Crippen MR) is 167 cm³/mol. The minimum Gasteiger partial charge on any atom is -0.744 e. The van der Waals surface area contributed by atoms with Crippen molar-refractivity contribution in [1.82, 2.24) is 0 Å². The molecule has 188 valence electrons. The summed E-state index contributed by atoms with van der Waals surface area (Å²) in [4.78, 5) is 36.1. The van der Waals surface area contributed by atoms with Gasteiger partial charge < -0.3 is 14.0 Å². The van der Waals surface area contributed by atoms with Gasteiger partial charge in [-0.2, -0.15) is 0 Å². The van der Waals surface area contributed by atoms with E-state index in [1.807, 2.05) is 45.2 Å². The van der Waals surface area contributed by atoms with Crippen molar-refractivity contribution in [2.24, 2.45) is 0 Å². The van der Waals surface area contributed by atoms with Gasteiger partial charge in [0.15, 0.2) is 5.75 Å². The lowest BCUT2D eigenvalue weighted by Gasteiger charge is -2.14. The van der Waals surface area contributed by atoms with Gasteiger partial charge in [-0.3, -0.25) is 10.1 Å². The first-order chi connectivity index (χ1) is 16.7. The molecular weight excluding hydrogens is 1060 g/mol. The van der Waals surface area contributed by atoms with Crippen molar-refractivity contribution >= 4 is 141 Å². The van der Waals surface area contributed by atoms with E-state index in [1.165, 1.54) is 0 Å². The van der Waals surface area contributed by atoms with Crippen molar-refractivity contribution in [3.05, 3.63) is 81.6 Å². The molecule has 3 aromatic rings. The summed E-state index contributed by atoms with van der Waals surface area (Å²) in [7, 11) is -4.78. The molecule has 0 aliphatic heterocycles. The lowest BCUT2D eigenvalue weighted by molar-refractivity contribution is -0.384. The number of benzene rings is 3. The number of halogens is 5. The number of rotatable bonds is 6. The van der Waals surface area contributed by atoms with E-state index in [-0.39, 0.29) is 24.2 Å². The average Bonchev–Trinajstić information content (AvgIpc) is 2.74. The highest BCUT2D eigenvalue weighted by Gasteiger charge is 2.26. The summed E-state index contributed by atoms with van der Waals surface area (Å²) in [6.45, 7) is 0. The normalized spacial score (nSPS) is 11.2. The third-order valence-corrected chi connectivity index (χ3v) is 9.84. The molecule has 0 aliphatic carbocycles. The van der Waals surface area contributed by atoms with Crippen LogP contribution in [0.25, 0.3) is 0 Å². The maximum Gasteiger partial charge on any atom is 0.344 e. The molecule has 10 nitrogen and oxygen atoms in total. The molecule has 0 saturated heterocycles. The van der Waals surface area contributed by atoms with Crippen molar-refractivity contribution in [3.8, 4) is 11.5 Å². The van der Waals surface area contributed by atoms with Gasteiger partial charge >= 0.3 is 11.9 Å². The molecule has 0 aliphatic rings. The molecule has 0 atom stereocenters. The van der Waals surface area contributed by atoms with Gasteiger partial charge in [-0.05, 0) is 143 Å². The fraction of sp³-hybridized carbons (Fsp3) is 0. The van der Waals surface area contributed by atoms with Gasteiger partial charge in [0.2, 0.25) is 0 Å². The number of carbonyl (C=O) groups excluding carboxylic acids is 2. The lowest BCUT2D eigenvalue weighted by atomic mass is 10.1. The van der Waals surface area contributed by atoms with Crippen LogP contribution in [0.2, 0.25) is 0 Å². The van der Waals surface area contributed by atoms with E-state index < -0.39 is 43.1 Å². The number of hydrogen-bond acceptors (Lipinski definition) is 9. The van der Waals surface area contributed by atoms with Crippen LogP contribution in [0.4, 0.5) is 5.69 Å². The van der Waals surface area contributed by atoms with Crippen LogP contribution in [0.5, 0.6) is 11.5 Å². The van der Waals surface area contributed by atoms with Crippen LogP contribution in [0, 0.1) is 28.0 Å². The van der Waals surface area contributed by atoms with E-state index in [4.69, 9.17) is 9.47 Å². The second-order valence-electron chi connectivity index (χ2n) is 6.63. The average molecular weight is 1070 g/mol. The van der Waals surface area contributed by atoms with Gasteiger partial charge in [0.1, 0.15) is 15.9 Å². The Labute approximate surface area is 271 Å². The topological polar surface area (TPSA) is 153 Å². The van der Waals surface area contributed by atoms with Crippen LogP contribution in [0.1, 0.15) is 20.7 Å². The molecule has 36 heavy (non-hydrogen) atoms. The highest BCUT2D eigenvalue weighted by molar-refractivity contribution is 14.1. The smallest absolute Gasteiger partial charge is 0.344 e. The monoisotopic (exact) mass is 1070 g/mol. The Hall–Kier alpha value is -0.440. The molecule has 3 aromatic carbocycles. The van der Waals surface area contributed by atoms with Gasteiger partial charge in [-0.25, -0.2) is 18.0 Å². The first-order valence-electron chi connectivity index (χ1n) is 9.01. The standard InChI is InChI=1S/C20H8I5NO9S/c21-8-3-13(22)17(14(23)4-8)35-19(27)11-2-1-9(26(29)30)5-12(11)20(28)34-10-6-15(24)18(16(25)7-10)36(31,32)33/h1-7H,(H,31,32,33)/p-1. The summed E-state index contributed by atoms with van der Waals surface area (Å²) < 4.78 is 47.5. The molecule has 0 bridgehead atoms. The van der Waals surface area contributed by atoms with Crippen LogP contribution in [0.3, 0.4) is 0 Å². The first kappa shape index (κ1) is 30.1. The molecular formula is C20H7I5NO9S-.